The van der Waals surface area contributed by atoms with Gasteiger partial charge in [-0.05, 0) is 24.1 Å². The van der Waals surface area contributed by atoms with E-state index in [2.05, 4.69) is 0 Å². The summed E-state index contributed by atoms with van der Waals surface area (Å²) >= 11 is 0. The van der Waals surface area contributed by atoms with Crippen LogP contribution in [0.4, 0.5) is 0 Å². The number of phenols is 1. The summed E-state index contributed by atoms with van der Waals surface area (Å²) in [5, 5.41) is 9.76. The fraction of sp³-hybridized carbons (Fsp3) is 0.133. The van der Waals surface area contributed by atoms with E-state index in [0.717, 1.165) is 5.56 Å². The zero-order valence-electron chi connectivity index (χ0n) is 10.1. The number of phenolic OH excluding ortho intramolecular Hbond substituents is 1. The Morgan fingerprint density at radius 3 is 2.56 bits per heavy atom. The minimum absolute atomic E-state index is 0.0180. The van der Waals surface area contributed by atoms with Gasteiger partial charge in [-0.15, -0.1) is 0 Å². The van der Waals surface area contributed by atoms with Crippen LogP contribution in [-0.2, 0) is 11.3 Å². The van der Waals surface area contributed by atoms with Crippen molar-refractivity contribution in [2.75, 3.05) is 0 Å². The van der Waals surface area contributed by atoms with E-state index >= 15 is 0 Å². The lowest BCUT2D eigenvalue weighted by Gasteiger charge is -2.07. The predicted molar refractivity (Wildman–Crippen MR) is 68.4 cm³/mol. The molecule has 0 amide bonds. The van der Waals surface area contributed by atoms with Crippen molar-refractivity contribution in [3.63, 3.8) is 0 Å². The van der Waals surface area contributed by atoms with Crippen LogP contribution in [0, 0.1) is 6.92 Å². The number of aryl methyl sites for hydroxylation is 1. The van der Waals surface area contributed by atoms with Gasteiger partial charge < -0.3 is 9.84 Å². The minimum Gasteiger partial charge on any atom is -0.507 e. The number of ether oxygens (including phenoxy) is 1. The zero-order valence-corrected chi connectivity index (χ0v) is 10.1. The van der Waals surface area contributed by atoms with Gasteiger partial charge in [-0.25, -0.2) is 4.79 Å². The van der Waals surface area contributed by atoms with Crippen LogP contribution in [0.2, 0.25) is 0 Å². The molecule has 0 heterocycles. The number of esters is 1. The predicted octanol–water partition coefficient (Wildman–Crippen LogP) is 3.06. The third-order valence-electron chi connectivity index (χ3n) is 2.67. The number of rotatable bonds is 3. The molecule has 0 bridgehead atoms. The van der Waals surface area contributed by atoms with Gasteiger partial charge in [-0.3, -0.25) is 0 Å². The van der Waals surface area contributed by atoms with E-state index in [1.165, 1.54) is 0 Å². The van der Waals surface area contributed by atoms with E-state index < -0.39 is 5.97 Å². The van der Waals surface area contributed by atoms with E-state index in [0.29, 0.717) is 5.56 Å². The summed E-state index contributed by atoms with van der Waals surface area (Å²) in [6.07, 6.45) is 0. The number of hydrogen-bond donors (Lipinski definition) is 1. The molecule has 18 heavy (non-hydrogen) atoms. The van der Waals surface area contributed by atoms with Crippen LogP contribution < -0.4 is 0 Å². The summed E-state index contributed by atoms with van der Waals surface area (Å²) in [4.78, 5) is 11.8. The Balaban J connectivity index is 2.07. The fourth-order valence-corrected chi connectivity index (χ4v) is 1.62. The smallest absolute Gasteiger partial charge is 0.342 e. The molecular formula is C15H14O3. The highest BCUT2D eigenvalue weighted by molar-refractivity contribution is 5.92. The molecule has 3 heteroatoms. The number of aromatic hydroxyl groups is 1. The first-order valence-electron chi connectivity index (χ1n) is 5.68. The molecule has 0 saturated heterocycles. The summed E-state index contributed by atoms with van der Waals surface area (Å²) in [7, 11) is 0. The van der Waals surface area contributed by atoms with Crippen molar-refractivity contribution in [3.05, 3.63) is 65.2 Å². The Kier molecular flexibility index (Phi) is 3.63. The van der Waals surface area contributed by atoms with Crippen LogP contribution in [0.5, 0.6) is 5.75 Å². The van der Waals surface area contributed by atoms with Crippen LogP contribution >= 0.6 is 0 Å². The molecule has 0 spiro atoms. The van der Waals surface area contributed by atoms with E-state index in [9.17, 15) is 9.90 Å². The van der Waals surface area contributed by atoms with Crippen LogP contribution in [-0.4, -0.2) is 11.1 Å². The van der Waals surface area contributed by atoms with Gasteiger partial charge in [-0.1, -0.05) is 42.5 Å². The summed E-state index contributed by atoms with van der Waals surface area (Å²) in [6, 6.07) is 14.4. The van der Waals surface area contributed by atoms with Gasteiger partial charge in [0.1, 0.15) is 17.9 Å². The summed E-state index contributed by atoms with van der Waals surface area (Å²) in [6.45, 7) is 1.94. The van der Waals surface area contributed by atoms with Crippen molar-refractivity contribution in [1.82, 2.24) is 0 Å². The average Bonchev–Trinajstić information content (AvgIpc) is 2.40. The van der Waals surface area contributed by atoms with Crippen molar-refractivity contribution < 1.29 is 14.6 Å². The van der Waals surface area contributed by atoms with Gasteiger partial charge in [0.15, 0.2) is 0 Å². The van der Waals surface area contributed by atoms with E-state index in [-0.39, 0.29) is 17.9 Å². The highest BCUT2D eigenvalue weighted by Gasteiger charge is 2.13. The molecule has 0 radical (unpaired) electrons. The molecule has 0 aliphatic carbocycles. The SMILES string of the molecule is Cc1cccc(C(=O)OCc2ccccc2)c1O. The summed E-state index contributed by atoms with van der Waals surface area (Å²) in [5.74, 6) is -0.532. The highest BCUT2D eigenvalue weighted by Crippen LogP contribution is 2.22. The molecule has 0 atom stereocenters. The molecular weight excluding hydrogens is 228 g/mol. The quantitative estimate of drug-likeness (QED) is 0.841. The number of hydrogen-bond acceptors (Lipinski definition) is 3. The van der Waals surface area contributed by atoms with Gasteiger partial charge >= 0.3 is 5.97 Å². The molecule has 2 aromatic carbocycles. The molecule has 0 fully saturated rings. The molecule has 0 unspecified atom stereocenters. The molecule has 3 nitrogen and oxygen atoms in total. The van der Waals surface area contributed by atoms with Crippen molar-refractivity contribution in [3.8, 4) is 5.75 Å². The lowest BCUT2D eigenvalue weighted by molar-refractivity contribution is 0.0469. The van der Waals surface area contributed by atoms with Crippen molar-refractivity contribution in [1.29, 1.82) is 0 Å². The number of carbonyl (C=O) groups is 1. The molecule has 0 saturated carbocycles. The van der Waals surface area contributed by atoms with Crippen molar-refractivity contribution >= 4 is 5.97 Å². The average molecular weight is 242 g/mol. The standard InChI is InChI=1S/C15H14O3/c1-11-6-5-9-13(14(11)16)15(17)18-10-12-7-3-2-4-8-12/h2-9,16H,10H2,1H3. The minimum atomic E-state index is -0.514. The lowest BCUT2D eigenvalue weighted by Crippen LogP contribution is -2.05. The van der Waals surface area contributed by atoms with Gasteiger partial charge in [-0.2, -0.15) is 0 Å². The second kappa shape index (κ2) is 5.36. The second-order valence-electron chi connectivity index (χ2n) is 4.03. The Bertz CT molecular complexity index is 547. The Morgan fingerprint density at radius 2 is 1.83 bits per heavy atom. The first-order valence-corrected chi connectivity index (χ1v) is 5.68. The third kappa shape index (κ3) is 2.69. The summed E-state index contributed by atoms with van der Waals surface area (Å²) in [5.41, 5.74) is 1.77. The van der Waals surface area contributed by atoms with E-state index in [4.69, 9.17) is 4.74 Å². The highest BCUT2D eigenvalue weighted by atomic mass is 16.5. The Labute approximate surface area is 106 Å². The number of benzene rings is 2. The number of carbonyl (C=O) groups excluding carboxylic acids is 1. The van der Waals surface area contributed by atoms with Gasteiger partial charge in [0, 0.05) is 0 Å². The molecule has 0 aliphatic heterocycles. The van der Waals surface area contributed by atoms with Crippen molar-refractivity contribution in [2.24, 2.45) is 0 Å². The molecule has 0 aromatic heterocycles. The monoisotopic (exact) mass is 242 g/mol. The molecule has 2 aromatic rings. The topological polar surface area (TPSA) is 46.5 Å². The first kappa shape index (κ1) is 12.2. The molecule has 2 rings (SSSR count). The maximum Gasteiger partial charge on any atom is 0.342 e. The maximum absolute atomic E-state index is 11.8. The fourth-order valence-electron chi connectivity index (χ4n) is 1.62. The molecule has 1 N–H and O–H groups in total. The lowest BCUT2D eigenvalue weighted by atomic mass is 10.1. The van der Waals surface area contributed by atoms with E-state index in [1.807, 2.05) is 30.3 Å². The van der Waals surface area contributed by atoms with Crippen LogP contribution in [0.3, 0.4) is 0 Å². The van der Waals surface area contributed by atoms with Gasteiger partial charge in [0.25, 0.3) is 0 Å². The van der Waals surface area contributed by atoms with Crippen LogP contribution in [0.15, 0.2) is 48.5 Å². The van der Waals surface area contributed by atoms with Crippen LogP contribution in [0.1, 0.15) is 21.5 Å². The third-order valence-corrected chi connectivity index (χ3v) is 2.67. The summed E-state index contributed by atoms with van der Waals surface area (Å²) < 4.78 is 5.15. The molecule has 92 valence electrons. The largest absolute Gasteiger partial charge is 0.507 e. The Morgan fingerprint density at radius 1 is 1.11 bits per heavy atom. The first-order chi connectivity index (χ1) is 8.68. The molecule has 0 aliphatic rings. The number of para-hydroxylation sites is 1. The normalized spacial score (nSPS) is 10.1. The van der Waals surface area contributed by atoms with E-state index in [1.54, 1.807) is 25.1 Å². The maximum atomic E-state index is 11.8. The van der Waals surface area contributed by atoms with Crippen LogP contribution in [0.25, 0.3) is 0 Å². The zero-order chi connectivity index (χ0) is 13.0. The van der Waals surface area contributed by atoms with Gasteiger partial charge in [0.05, 0.1) is 0 Å². The second-order valence-corrected chi connectivity index (χ2v) is 4.03. The Hall–Kier alpha value is -2.29. The van der Waals surface area contributed by atoms with Gasteiger partial charge in [0.2, 0.25) is 0 Å². The van der Waals surface area contributed by atoms with Crippen molar-refractivity contribution in [2.45, 2.75) is 13.5 Å².